The van der Waals surface area contributed by atoms with Crippen LogP contribution in [0.1, 0.15) is 16.2 Å². The summed E-state index contributed by atoms with van der Waals surface area (Å²) in [5.74, 6) is 0.0504. The number of carbonyl (C=O) groups excluding carboxylic acids is 1. The van der Waals surface area contributed by atoms with Crippen LogP contribution >= 0.6 is 11.6 Å². The summed E-state index contributed by atoms with van der Waals surface area (Å²) in [6, 6.07) is 8.64. The lowest BCUT2D eigenvalue weighted by Gasteiger charge is -2.08. The molecular formula is C15H15ClN4O. The van der Waals surface area contributed by atoms with Gasteiger partial charge in [-0.2, -0.15) is 0 Å². The number of nitrogens with zero attached hydrogens (tertiary/aromatic N) is 2. The van der Waals surface area contributed by atoms with E-state index in [1.165, 1.54) is 0 Å². The lowest BCUT2D eigenvalue weighted by Crippen LogP contribution is -2.16. The zero-order valence-electron chi connectivity index (χ0n) is 11.6. The minimum absolute atomic E-state index is 0.272. The number of nitrogens with one attached hydrogen (secondary N) is 2. The lowest BCUT2D eigenvalue weighted by atomic mass is 10.3. The largest absolute Gasteiger partial charge is 0.351 e. The fourth-order valence-electron chi connectivity index (χ4n) is 1.68. The van der Waals surface area contributed by atoms with Crippen LogP contribution in [0.15, 0.2) is 43.0 Å². The van der Waals surface area contributed by atoms with Gasteiger partial charge in [0.1, 0.15) is 5.69 Å². The SMILES string of the molecule is C=CCNc1nc(C)cc(C(=O)Nc2ccccc2Cl)n1. The molecule has 0 aliphatic heterocycles. The van der Waals surface area contributed by atoms with Crippen LogP contribution in [0.25, 0.3) is 0 Å². The monoisotopic (exact) mass is 302 g/mol. The van der Waals surface area contributed by atoms with Gasteiger partial charge in [0.15, 0.2) is 0 Å². The first-order valence-corrected chi connectivity index (χ1v) is 6.74. The predicted octanol–water partition coefficient (Wildman–Crippen LogP) is 3.29. The molecule has 1 aromatic carbocycles. The number of hydrogen-bond acceptors (Lipinski definition) is 4. The van der Waals surface area contributed by atoms with Crippen LogP contribution in [0.2, 0.25) is 5.02 Å². The molecule has 1 heterocycles. The van der Waals surface area contributed by atoms with E-state index in [9.17, 15) is 4.79 Å². The van der Waals surface area contributed by atoms with Crippen molar-refractivity contribution in [2.45, 2.75) is 6.92 Å². The lowest BCUT2D eigenvalue weighted by molar-refractivity contribution is 0.102. The minimum atomic E-state index is -0.338. The third-order valence-electron chi connectivity index (χ3n) is 2.61. The van der Waals surface area contributed by atoms with Crippen LogP contribution in [-0.4, -0.2) is 22.4 Å². The van der Waals surface area contributed by atoms with Crippen molar-refractivity contribution in [3.63, 3.8) is 0 Å². The third kappa shape index (κ3) is 4.03. The quantitative estimate of drug-likeness (QED) is 0.832. The van der Waals surface area contributed by atoms with Crippen LogP contribution in [0.4, 0.5) is 11.6 Å². The molecule has 0 unspecified atom stereocenters. The van der Waals surface area contributed by atoms with E-state index in [1.54, 1.807) is 43.3 Å². The molecule has 0 fully saturated rings. The fraction of sp³-hybridized carbons (Fsp3) is 0.133. The molecule has 2 aromatic rings. The Morgan fingerprint density at radius 3 is 2.86 bits per heavy atom. The highest BCUT2D eigenvalue weighted by Crippen LogP contribution is 2.21. The number of aromatic nitrogens is 2. The number of hydrogen-bond donors (Lipinski definition) is 2. The Balaban J connectivity index is 2.20. The van der Waals surface area contributed by atoms with Crippen LogP contribution < -0.4 is 10.6 Å². The molecule has 1 aromatic heterocycles. The van der Waals surface area contributed by atoms with E-state index in [0.29, 0.717) is 28.9 Å². The number of halogens is 1. The number of benzene rings is 1. The summed E-state index contributed by atoms with van der Waals surface area (Å²) < 4.78 is 0. The van der Waals surface area contributed by atoms with E-state index >= 15 is 0 Å². The fourth-order valence-corrected chi connectivity index (χ4v) is 1.86. The molecule has 0 radical (unpaired) electrons. The molecule has 2 rings (SSSR count). The zero-order valence-corrected chi connectivity index (χ0v) is 12.3. The maximum atomic E-state index is 12.2. The first-order chi connectivity index (χ1) is 10.1. The molecule has 108 valence electrons. The first kappa shape index (κ1) is 15.0. The van der Waals surface area contributed by atoms with E-state index in [4.69, 9.17) is 11.6 Å². The van der Waals surface area contributed by atoms with Gasteiger partial charge in [-0.3, -0.25) is 4.79 Å². The molecule has 0 bridgehead atoms. The molecule has 0 aliphatic carbocycles. The van der Waals surface area contributed by atoms with Crippen molar-refractivity contribution in [1.29, 1.82) is 0 Å². The van der Waals surface area contributed by atoms with Crippen LogP contribution in [-0.2, 0) is 0 Å². The number of para-hydroxylation sites is 1. The standard InChI is InChI=1S/C15H15ClN4O/c1-3-8-17-15-18-10(2)9-13(20-15)14(21)19-12-7-5-4-6-11(12)16/h3-7,9H,1,8H2,2H3,(H,19,21)(H,17,18,20). The highest BCUT2D eigenvalue weighted by atomic mass is 35.5. The Morgan fingerprint density at radius 2 is 2.14 bits per heavy atom. The van der Waals surface area contributed by atoms with Gasteiger partial charge in [-0.15, -0.1) is 6.58 Å². The zero-order chi connectivity index (χ0) is 15.2. The molecule has 2 N–H and O–H groups in total. The van der Waals surface area contributed by atoms with E-state index in [2.05, 4.69) is 27.2 Å². The van der Waals surface area contributed by atoms with Crippen molar-refractivity contribution in [3.8, 4) is 0 Å². The summed E-state index contributed by atoms with van der Waals surface area (Å²) in [5, 5.41) is 6.16. The molecule has 0 atom stereocenters. The van der Waals surface area contributed by atoms with Crippen molar-refractivity contribution in [2.75, 3.05) is 17.2 Å². The van der Waals surface area contributed by atoms with E-state index in [-0.39, 0.29) is 11.6 Å². The van der Waals surface area contributed by atoms with Crippen LogP contribution in [0, 0.1) is 6.92 Å². The predicted molar refractivity (Wildman–Crippen MR) is 84.9 cm³/mol. The highest BCUT2D eigenvalue weighted by Gasteiger charge is 2.12. The second kappa shape index (κ2) is 6.85. The Bertz CT molecular complexity index is 672. The smallest absolute Gasteiger partial charge is 0.274 e. The highest BCUT2D eigenvalue weighted by molar-refractivity contribution is 6.33. The molecule has 0 saturated carbocycles. The summed E-state index contributed by atoms with van der Waals surface area (Å²) in [5.41, 5.74) is 1.51. The van der Waals surface area contributed by atoms with Crippen LogP contribution in [0.5, 0.6) is 0 Å². The number of rotatable bonds is 5. The second-order valence-corrected chi connectivity index (χ2v) is 4.73. The summed E-state index contributed by atoms with van der Waals surface area (Å²) in [4.78, 5) is 20.6. The van der Waals surface area contributed by atoms with Crippen molar-refractivity contribution >= 4 is 29.1 Å². The maximum Gasteiger partial charge on any atom is 0.274 e. The molecule has 5 nitrogen and oxygen atoms in total. The van der Waals surface area contributed by atoms with E-state index < -0.39 is 0 Å². The molecule has 0 aliphatic rings. The summed E-state index contributed by atoms with van der Waals surface area (Å²) >= 11 is 6.02. The number of aryl methyl sites for hydroxylation is 1. The van der Waals surface area contributed by atoms with E-state index in [0.717, 1.165) is 0 Å². The topological polar surface area (TPSA) is 66.9 Å². The average molecular weight is 303 g/mol. The molecule has 0 spiro atoms. The Labute approximate surface area is 128 Å². The molecule has 0 saturated heterocycles. The Morgan fingerprint density at radius 1 is 1.38 bits per heavy atom. The van der Waals surface area contributed by atoms with Crippen molar-refractivity contribution < 1.29 is 4.79 Å². The van der Waals surface area contributed by atoms with Gasteiger partial charge < -0.3 is 10.6 Å². The third-order valence-corrected chi connectivity index (χ3v) is 2.94. The molecule has 21 heavy (non-hydrogen) atoms. The van der Waals surface area contributed by atoms with Gasteiger partial charge in [0.05, 0.1) is 10.7 Å². The molecular weight excluding hydrogens is 288 g/mol. The van der Waals surface area contributed by atoms with Gasteiger partial charge in [0.25, 0.3) is 5.91 Å². The van der Waals surface area contributed by atoms with Crippen molar-refractivity contribution in [1.82, 2.24) is 9.97 Å². The van der Waals surface area contributed by atoms with Gasteiger partial charge in [0.2, 0.25) is 5.95 Å². The minimum Gasteiger partial charge on any atom is -0.351 e. The summed E-state index contributed by atoms with van der Waals surface area (Å²) in [6.07, 6.45) is 1.69. The van der Waals surface area contributed by atoms with Gasteiger partial charge in [-0.05, 0) is 25.1 Å². The average Bonchev–Trinajstić information content (AvgIpc) is 2.47. The Kier molecular flexibility index (Phi) is 4.90. The second-order valence-electron chi connectivity index (χ2n) is 4.32. The number of carbonyl (C=O) groups is 1. The van der Waals surface area contributed by atoms with Crippen molar-refractivity contribution in [3.05, 3.63) is 59.4 Å². The number of amides is 1. The molecule has 6 heteroatoms. The summed E-state index contributed by atoms with van der Waals surface area (Å²) in [6.45, 7) is 5.93. The van der Waals surface area contributed by atoms with E-state index in [1.807, 2.05) is 0 Å². The number of anilines is 2. The van der Waals surface area contributed by atoms with Crippen LogP contribution in [0.3, 0.4) is 0 Å². The van der Waals surface area contributed by atoms with Gasteiger partial charge in [-0.1, -0.05) is 29.8 Å². The molecule has 1 amide bonds. The normalized spacial score (nSPS) is 10.0. The van der Waals surface area contributed by atoms with Crippen molar-refractivity contribution in [2.24, 2.45) is 0 Å². The summed E-state index contributed by atoms with van der Waals surface area (Å²) in [7, 11) is 0. The Hall–Kier alpha value is -2.40. The maximum absolute atomic E-state index is 12.2. The van der Waals surface area contributed by atoms with Gasteiger partial charge in [0, 0.05) is 12.2 Å². The first-order valence-electron chi connectivity index (χ1n) is 6.36. The van der Waals surface area contributed by atoms with Gasteiger partial charge >= 0.3 is 0 Å². The van der Waals surface area contributed by atoms with Gasteiger partial charge in [-0.25, -0.2) is 9.97 Å².